The first-order chi connectivity index (χ1) is 26.6. The number of aromatic hydroxyl groups is 1. The number of fused-ring (bicyclic) bond motifs is 4. The maximum atomic E-state index is 15.4. The minimum atomic E-state index is -4.76. The number of hydrogen-bond acceptors (Lipinski definition) is 8. The molecule has 288 valence electrons. The van der Waals surface area contributed by atoms with Crippen LogP contribution in [0.2, 0.25) is 10.0 Å². The van der Waals surface area contributed by atoms with E-state index in [1.165, 1.54) is 12.0 Å². The van der Waals surface area contributed by atoms with Crippen LogP contribution in [0.4, 0.5) is 24.7 Å². The van der Waals surface area contributed by atoms with Gasteiger partial charge in [-0.2, -0.15) is 18.2 Å². The van der Waals surface area contributed by atoms with Crippen molar-refractivity contribution in [3.63, 3.8) is 0 Å². The number of allylic oxidation sites excluding steroid dienone is 2. The summed E-state index contributed by atoms with van der Waals surface area (Å²) in [6.07, 6.45) is -2.29. The monoisotopic (exact) mass is 932 g/mol. The van der Waals surface area contributed by atoms with Crippen molar-refractivity contribution < 1.29 is 42.2 Å². The summed E-state index contributed by atoms with van der Waals surface area (Å²) in [6, 6.07) is 16.9. The number of hydrazine groups is 1. The van der Waals surface area contributed by atoms with Crippen LogP contribution in [0.3, 0.4) is 0 Å². The Bertz CT molecular complexity index is 2380. The van der Waals surface area contributed by atoms with Gasteiger partial charge in [0.25, 0.3) is 11.8 Å². The normalized spacial score (nSPS) is 25.9. The number of methoxy groups -OCH3 is 1. The third-order valence-corrected chi connectivity index (χ3v) is 12.9. The molecule has 2 saturated heterocycles. The summed E-state index contributed by atoms with van der Waals surface area (Å²) in [5.74, 6) is -7.59. The lowest BCUT2D eigenvalue weighted by Gasteiger charge is -2.50. The number of aromatic nitrogens is 1. The second-order valence-electron chi connectivity index (χ2n) is 14.0. The van der Waals surface area contributed by atoms with Gasteiger partial charge >= 0.3 is 6.18 Å². The molecule has 0 bridgehead atoms. The molecule has 10 nitrogen and oxygen atoms in total. The van der Waals surface area contributed by atoms with Crippen molar-refractivity contribution in [2.75, 3.05) is 17.4 Å². The van der Waals surface area contributed by atoms with Crippen LogP contribution in [0.5, 0.6) is 11.5 Å². The maximum absolute atomic E-state index is 15.4. The third kappa shape index (κ3) is 5.83. The van der Waals surface area contributed by atoms with E-state index in [9.17, 15) is 32.7 Å². The smallest absolute Gasteiger partial charge is 0.417 e. The number of halogens is 7. The van der Waals surface area contributed by atoms with E-state index in [0.29, 0.717) is 44.7 Å². The number of pyridine rings is 1. The first kappa shape index (κ1) is 38.4. The number of nitrogens with one attached hydrogen (secondary N) is 1. The molecular weight excluding hydrogens is 908 g/mol. The zero-order chi connectivity index (χ0) is 40.0. The number of rotatable bonds is 6. The lowest BCUT2D eigenvalue weighted by molar-refractivity contribution is -0.139. The minimum Gasteiger partial charge on any atom is -0.503 e. The van der Waals surface area contributed by atoms with E-state index in [2.05, 4.69) is 42.3 Å². The van der Waals surface area contributed by atoms with Crippen molar-refractivity contribution in [2.45, 2.75) is 30.4 Å². The minimum absolute atomic E-state index is 0.0506. The van der Waals surface area contributed by atoms with E-state index in [4.69, 9.17) is 27.9 Å². The molecule has 4 aliphatic rings. The SMILES string of the molecule is COc1cc(C2C3=CCC4C(=O)N(c5ccc(Br)cc5)C(=O)C4C3CC3C(=O)N(Nc4ncc(C(F)(F)F)cc4Cl)C(=O)C32c2ccc(Cl)cc2)cc(Br)c1O. The fourth-order valence-corrected chi connectivity index (χ4v) is 9.98. The van der Waals surface area contributed by atoms with Crippen molar-refractivity contribution in [1.82, 2.24) is 9.99 Å². The van der Waals surface area contributed by atoms with Crippen LogP contribution >= 0.6 is 55.1 Å². The molecule has 3 heterocycles. The van der Waals surface area contributed by atoms with Gasteiger partial charge in [-0.3, -0.25) is 29.5 Å². The predicted molar refractivity (Wildman–Crippen MR) is 206 cm³/mol. The number of phenolic OH excluding ortho intramolecular Hbond substituents is 1. The highest BCUT2D eigenvalue weighted by molar-refractivity contribution is 9.10. The van der Waals surface area contributed by atoms with Crippen LogP contribution in [0, 0.1) is 23.7 Å². The molecule has 3 aromatic carbocycles. The number of hydrogen-bond donors (Lipinski definition) is 2. The molecule has 6 atom stereocenters. The van der Waals surface area contributed by atoms with Gasteiger partial charge in [0.1, 0.15) is 0 Å². The molecule has 2 aliphatic carbocycles. The van der Waals surface area contributed by atoms with Gasteiger partial charge in [0.2, 0.25) is 11.8 Å². The predicted octanol–water partition coefficient (Wildman–Crippen LogP) is 8.84. The molecule has 8 rings (SSSR count). The van der Waals surface area contributed by atoms with Crippen LogP contribution in [0.25, 0.3) is 0 Å². The van der Waals surface area contributed by atoms with Gasteiger partial charge in [0, 0.05) is 21.6 Å². The molecule has 2 aliphatic heterocycles. The molecule has 4 amide bonds. The van der Waals surface area contributed by atoms with Gasteiger partial charge in [0.05, 0.1) is 51.0 Å². The summed E-state index contributed by atoms with van der Waals surface area (Å²) >= 11 is 19.4. The zero-order valence-corrected chi connectivity index (χ0v) is 33.5. The zero-order valence-electron chi connectivity index (χ0n) is 28.8. The van der Waals surface area contributed by atoms with E-state index in [1.807, 2.05) is 6.08 Å². The molecule has 6 unspecified atom stereocenters. The second-order valence-corrected chi connectivity index (χ2v) is 16.6. The van der Waals surface area contributed by atoms with Crippen LogP contribution in [0.1, 0.15) is 35.4 Å². The van der Waals surface area contributed by atoms with Crippen LogP contribution < -0.4 is 15.1 Å². The molecular formula is C39H27Br2Cl2F3N4O6. The Morgan fingerprint density at radius 3 is 2.29 bits per heavy atom. The van der Waals surface area contributed by atoms with E-state index >= 15 is 4.79 Å². The number of benzene rings is 3. The number of ether oxygens (including phenoxy) is 1. The van der Waals surface area contributed by atoms with E-state index in [0.717, 1.165) is 4.47 Å². The van der Waals surface area contributed by atoms with Gasteiger partial charge in [-0.1, -0.05) is 62.9 Å². The Balaban J connectivity index is 1.33. The highest BCUT2D eigenvalue weighted by atomic mass is 79.9. The van der Waals surface area contributed by atoms with E-state index in [1.54, 1.807) is 60.7 Å². The summed E-state index contributed by atoms with van der Waals surface area (Å²) < 4.78 is 47.0. The average Bonchev–Trinajstić information content (AvgIpc) is 3.54. The molecule has 56 heavy (non-hydrogen) atoms. The van der Waals surface area contributed by atoms with Crippen LogP contribution in [0.15, 0.2) is 93.5 Å². The summed E-state index contributed by atoms with van der Waals surface area (Å²) in [4.78, 5) is 63.8. The van der Waals surface area contributed by atoms with Gasteiger partial charge in [-0.25, -0.2) is 4.98 Å². The number of alkyl halides is 3. The number of anilines is 2. The Kier molecular flexibility index (Phi) is 9.53. The Morgan fingerprint density at radius 2 is 1.64 bits per heavy atom. The summed E-state index contributed by atoms with van der Waals surface area (Å²) in [5, 5.41) is 11.4. The largest absolute Gasteiger partial charge is 0.503 e. The second kappa shape index (κ2) is 13.9. The molecule has 0 radical (unpaired) electrons. The first-order valence-corrected chi connectivity index (χ1v) is 19.5. The number of imide groups is 2. The molecule has 0 spiro atoms. The summed E-state index contributed by atoms with van der Waals surface area (Å²) in [5.41, 5.74) is 1.51. The topological polar surface area (TPSA) is 129 Å². The van der Waals surface area contributed by atoms with Crippen molar-refractivity contribution in [3.8, 4) is 11.5 Å². The van der Waals surface area contributed by atoms with Crippen molar-refractivity contribution in [2.24, 2.45) is 23.7 Å². The molecule has 2 N–H and O–H groups in total. The molecule has 4 aromatic rings. The van der Waals surface area contributed by atoms with E-state index in [-0.39, 0.29) is 34.6 Å². The summed E-state index contributed by atoms with van der Waals surface area (Å²) in [7, 11) is 1.35. The third-order valence-electron chi connectivity index (χ3n) is 11.2. The highest BCUT2D eigenvalue weighted by Gasteiger charge is 2.70. The lowest BCUT2D eigenvalue weighted by Crippen LogP contribution is -2.53. The van der Waals surface area contributed by atoms with Crippen LogP contribution in [-0.2, 0) is 30.8 Å². The maximum Gasteiger partial charge on any atom is 0.417 e. The van der Waals surface area contributed by atoms with Crippen LogP contribution in [-0.4, -0.2) is 45.8 Å². The quantitative estimate of drug-likeness (QED) is 0.145. The number of amides is 4. The van der Waals surface area contributed by atoms with E-state index < -0.39 is 75.4 Å². The molecule has 1 saturated carbocycles. The fourth-order valence-electron chi connectivity index (χ4n) is 8.92. The molecule has 17 heteroatoms. The van der Waals surface area contributed by atoms with Gasteiger partial charge < -0.3 is 9.84 Å². The highest BCUT2D eigenvalue weighted by Crippen LogP contribution is 2.65. The Morgan fingerprint density at radius 1 is 0.946 bits per heavy atom. The Hall–Kier alpha value is -4.44. The number of phenols is 1. The van der Waals surface area contributed by atoms with Crippen molar-refractivity contribution >= 4 is 90.2 Å². The van der Waals surface area contributed by atoms with Gasteiger partial charge in [0.15, 0.2) is 17.3 Å². The van der Waals surface area contributed by atoms with Gasteiger partial charge in [-0.05, 0) is 100 Å². The average molecular weight is 935 g/mol. The molecule has 1 aromatic heterocycles. The lowest BCUT2D eigenvalue weighted by atomic mass is 9.49. The summed E-state index contributed by atoms with van der Waals surface area (Å²) in [6.45, 7) is 0. The Labute approximate surface area is 343 Å². The number of nitrogens with zero attached hydrogens (tertiary/aromatic N) is 3. The molecule has 3 fully saturated rings. The first-order valence-electron chi connectivity index (χ1n) is 17.1. The standard InChI is InChI=1S/C39H27Br2Cl2F3N4O6/c1-56-29-13-17(12-27(41)32(29)51)31-23-10-11-24-30(36(54)49(34(24)52)22-8-4-20(40)5-9-22)25(23)15-26-35(53)50(37(55)38(26,31)18-2-6-21(42)7-3-18)48-33-28(43)14-19(16-47-33)39(44,45)46/h2-10,12-14,16,24-26,30-31,51H,11,15H2,1H3,(H,47,48). The number of carbonyl (C=O) groups is 4. The van der Waals surface area contributed by atoms with Crippen molar-refractivity contribution in [1.29, 1.82) is 0 Å². The fraction of sp³-hybridized carbons (Fsp3) is 0.256. The van der Waals surface area contributed by atoms with Gasteiger partial charge in [-0.15, -0.1) is 0 Å². The van der Waals surface area contributed by atoms with Crippen molar-refractivity contribution in [3.05, 3.63) is 120 Å². The number of carbonyl (C=O) groups excluding carboxylic acids is 4.